The lowest BCUT2D eigenvalue weighted by atomic mass is 10.1. The van der Waals surface area contributed by atoms with Gasteiger partial charge in [0.2, 0.25) is 0 Å². The molecule has 2 fully saturated rings. The first-order valence-electron chi connectivity index (χ1n) is 12.6. The predicted molar refractivity (Wildman–Crippen MR) is 135 cm³/mol. The molecular formula is C25H42N6O2. The maximum atomic E-state index is 12.4. The Hall–Kier alpha value is -2.32. The van der Waals surface area contributed by atoms with Crippen LogP contribution in [0.4, 0.5) is 21.0 Å². The van der Waals surface area contributed by atoms with Gasteiger partial charge in [-0.25, -0.2) is 9.59 Å². The maximum Gasteiger partial charge on any atom is 0.319 e. The highest BCUT2D eigenvalue weighted by atomic mass is 16.2. The summed E-state index contributed by atoms with van der Waals surface area (Å²) in [7, 11) is 0. The summed E-state index contributed by atoms with van der Waals surface area (Å²) in [6.07, 6.45) is 4.60. The van der Waals surface area contributed by atoms with Crippen LogP contribution in [0.2, 0.25) is 0 Å². The zero-order chi connectivity index (χ0) is 23.6. The molecule has 2 aliphatic heterocycles. The van der Waals surface area contributed by atoms with Crippen LogP contribution in [0.3, 0.4) is 0 Å². The minimum Gasteiger partial charge on any atom is -0.338 e. The number of benzene rings is 1. The molecule has 0 aromatic heterocycles. The SMILES string of the molecule is CCCN1CCC(CNC(=O)Nc2ccc(C)c(NC(=O)NCC3CCN(CCC)C3)c2)C1. The highest BCUT2D eigenvalue weighted by molar-refractivity contribution is 5.93. The summed E-state index contributed by atoms with van der Waals surface area (Å²) in [6, 6.07) is 5.17. The lowest BCUT2D eigenvalue weighted by molar-refractivity contribution is 0.249. The zero-order valence-corrected chi connectivity index (χ0v) is 20.6. The van der Waals surface area contributed by atoms with Crippen LogP contribution < -0.4 is 21.3 Å². The minimum atomic E-state index is -0.207. The molecule has 0 aliphatic carbocycles. The first-order valence-corrected chi connectivity index (χ1v) is 12.6. The number of nitrogens with zero attached hydrogens (tertiary/aromatic N) is 2. The molecule has 2 aliphatic rings. The van der Waals surface area contributed by atoms with Crippen LogP contribution in [0.25, 0.3) is 0 Å². The Morgan fingerprint density at radius 2 is 1.42 bits per heavy atom. The van der Waals surface area contributed by atoms with Crippen molar-refractivity contribution in [1.29, 1.82) is 0 Å². The van der Waals surface area contributed by atoms with Gasteiger partial charge in [-0.1, -0.05) is 19.9 Å². The normalized spacial score (nSPS) is 21.2. The molecule has 184 valence electrons. The minimum absolute atomic E-state index is 0.202. The highest BCUT2D eigenvalue weighted by Crippen LogP contribution is 2.21. The summed E-state index contributed by atoms with van der Waals surface area (Å²) in [4.78, 5) is 29.7. The number of nitrogens with one attached hydrogen (secondary N) is 4. The number of hydrogen-bond acceptors (Lipinski definition) is 4. The summed E-state index contributed by atoms with van der Waals surface area (Å²) < 4.78 is 0. The molecular weight excluding hydrogens is 416 g/mol. The second kappa shape index (κ2) is 12.8. The number of carbonyl (C=O) groups excluding carboxylic acids is 2. The van der Waals surface area contributed by atoms with Crippen molar-refractivity contribution in [3.05, 3.63) is 23.8 Å². The Kier molecular flexibility index (Phi) is 9.81. The molecule has 1 aromatic carbocycles. The average Bonchev–Trinajstić information content (AvgIpc) is 3.43. The van der Waals surface area contributed by atoms with Gasteiger partial charge >= 0.3 is 12.1 Å². The predicted octanol–water partition coefficient (Wildman–Crippen LogP) is 3.70. The summed E-state index contributed by atoms with van der Waals surface area (Å²) in [5.41, 5.74) is 2.32. The zero-order valence-electron chi connectivity index (χ0n) is 20.6. The Labute approximate surface area is 198 Å². The molecule has 1 aromatic rings. The Morgan fingerprint density at radius 1 is 0.879 bits per heavy atom. The molecule has 0 radical (unpaired) electrons. The third-order valence-corrected chi connectivity index (χ3v) is 6.67. The number of rotatable bonds is 10. The fourth-order valence-corrected chi connectivity index (χ4v) is 4.85. The van der Waals surface area contributed by atoms with E-state index in [2.05, 4.69) is 44.9 Å². The standard InChI is InChI=1S/C25H42N6O2/c1-4-10-30-12-8-20(17-30)15-26-24(32)28-22-7-6-19(3)23(14-22)29-25(33)27-16-21-9-13-31(18-21)11-5-2/h6-7,14,20-21H,4-5,8-13,15-18H2,1-3H3,(H2,26,28,32)(H2,27,29,33). The molecule has 8 heteroatoms. The van der Waals surface area contributed by atoms with Crippen LogP contribution in [0, 0.1) is 18.8 Å². The monoisotopic (exact) mass is 458 g/mol. The molecule has 8 nitrogen and oxygen atoms in total. The maximum absolute atomic E-state index is 12.4. The molecule has 2 saturated heterocycles. The average molecular weight is 459 g/mol. The van der Waals surface area contributed by atoms with Crippen LogP contribution in [-0.4, -0.2) is 74.2 Å². The second-order valence-electron chi connectivity index (χ2n) is 9.61. The topological polar surface area (TPSA) is 88.7 Å². The van der Waals surface area contributed by atoms with Gasteiger partial charge in [0.15, 0.2) is 0 Å². The number of anilines is 2. The van der Waals surface area contributed by atoms with Gasteiger partial charge in [0, 0.05) is 37.6 Å². The van der Waals surface area contributed by atoms with Crippen molar-refractivity contribution < 1.29 is 9.59 Å². The second-order valence-corrected chi connectivity index (χ2v) is 9.61. The summed E-state index contributed by atoms with van der Waals surface area (Å²) in [6.45, 7) is 14.3. The van der Waals surface area contributed by atoms with Crippen molar-refractivity contribution in [2.45, 2.75) is 46.5 Å². The number of likely N-dealkylation sites (tertiary alicyclic amines) is 2. The molecule has 3 rings (SSSR count). The van der Waals surface area contributed by atoms with E-state index in [1.54, 1.807) is 0 Å². The van der Waals surface area contributed by atoms with Crippen molar-refractivity contribution in [1.82, 2.24) is 20.4 Å². The van der Waals surface area contributed by atoms with E-state index >= 15 is 0 Å². The van der Waals surface area contributed by atoms with Gasteiger partial charge in [0.25, 0.3) is 0 Å². The Bertz CT molecular complexity index is 786. The van der Waals surface area contributed by atoms with Crippen LogP contribution in [0.5, 0.6) is 0 Å². The number of aryl methyl sites for hydroxylation is 1. The number of amides is 4. The van der Waals surface area contributed by atoms with E-state index in [1.165, 1.54) is 12.8 Å². The van der Waals surface area contributed by atoms with Gasteiger partial charge in [0.1, 0.15) is 0 Å². The third kappa shape index (κ3) is 8.19. The summed E-state index contributed by atoms with van der Waals surface area (Å²) >= 11 is 0. The molecule has 2 heterocycles. The molecule has 33 heavy (non-hydrogen) atoms. The largest absolute Gasteiger partial charge is 0.338 e. The van der Waals surface area contributed by atoms with Crippen molar-refractivity contribution >= 4 is 23.4 Å². The summed E-state index contributed by atoms with van der Waals surface area (Å²) in [5, 5.41) is 11.8. The Balaban J connectivity index is 1.41. The number of urea groups is 2. The van der Waals surface area contributed by atoms with E-state index in [0.29, 0.717) is 36.3 Å². The van der Waals surface area contributed by atoms with Gasteiger partial charge in [0.05, 0.1) is 0 Å². The van der Waals surface area contributed by atoms with Crippen LogP contribution in [0.1, 0.15) is 45.1 Å². The molecule has 0 bridgehead atoms. The van der Waals surface area contributed by atoms with Gasteiger partial charge in [-0.2, -0.15) is 0 Å². The fraction of sp³-hybridized carbons (Fsp3) is 0.680. The quantitative estimate of drug-likeness (QED) is 0.430. The van der Waals surface area contributed by atoms with E-state index < -0.39 is 0 Å². The Morgan fingerprint density at radius 3 is 1.97 bits per heavy atom. The van der Waals surface area contributed by atoms with Gasteiger partial charge in [-0.05, 0) is 88.3 Å². The van der Waals surface area contributed by atoms with Crippen molar-refractivity contribution in [3.63, 3.8) is 0 Å². The molecule has 4 amide bonds. The van der Waals surface area contributed by atoms with Crippen molar-refractivity contribution in [2.24, 2.45) is 11.8 Å². The molecule has 2 atom stereocenters. The first kappa shape index (κ1) is 25.3. The molecule has 0 saturated carbocycles. The molecule has 2 unspecified atom stereocenters. The smallest absolute Gasteiger partial charge is 0.319 e. The molecule has 4 N–H and O–H groups in total. The third-order valence-electron chi connectivity index (χ3n) is 6.67. The van der Waals surface area contributed by atoms with E-state index in [0.717, 1.165) is 57.7 Å². The van der Waals surface area contributed by atoms with Crippen LogP contribution >= 0.6 is 0 Å². The van der Waals surface area contributed by atoms with Gasteiger partial charge < -0.3 is 31.1 Å². The fourth-order valence-electron chi connectivity index (χ4n) is 4.85. The van der Waals surface area contributed by atoms with Crippen molar-refractivity contribution in [3.8, 4) is 0 Å². The number of carbonyl (C=O) groups is 2. The van der Waals surface area contributed by atoms with Gasteiger partial charge in [-0.3, -0.25) is 0 Å². The highest BCUT2D eigenvalue weighted by Gasteiger charge is 2.23. The summed E-state index contributed by atoms with van der Waals surface area (Å²) in [5.74, 6) is 1.02. The van der Waals surface area contributed by atoms with Gasteiger partial charge in [-0.15, -0.1) is 0 Å². The van der Waals surface area contributed by atoms with E-state index in [1.807, 2.05) is 25.1 Å². The molecule has 0 spiro atoms. The number of hydrogen-bond donors (Lipinski definition) is 4. The van der Waals surface area contributed by atoms with E-state index in [-0.39, 0.29) is 12.1 Å². The van der Waals surface area contributed by atoms with Crippen molar-refractivity contribution in [2.75, 3.05) is 63.0 Å². The van der Waals surface area contributed by atoms with Crippen LogP contribution in [-0.2, 0) is 0 Å². The van der Waals surface area contributed by atoms with E-state index in [4.69, 9.17) is 0 Å². The van der Waals surface area contributed by atoms with Crippen LogP contribution in [0.15, 0.2) is 18.2 Å². The lowest BCUT2D eigenvalue weighted by Crippen LogP contribution is -2.35. The lowest BCUT2D eigenvalue weighted by Gasteiger charge is -2.16. The van der Waals surface area contributed by atoms with E-state index in [9.17, 15) is 9.59 Å². The first-order chi connectivity index (χ1) is 16.0.